The number of nitrogens with one attached hydrogen (secondary N) is 1. The Bertz CT molecular complexity index is 307. The van der Waals surface area contributed by atoms with E-state index in [1.807, 2.05) is 0 Å². The van der Waals surface area contributed by atoms with Gasteiger partial charge in [-0.1, -0.05) is 13.8 Å². The highest BCUT2D eigenvalue weighted by Gasteiger charge is 2.33. The van der Waals surface area contributed by atoms with E-state index in [4.69, 9.17) is 9.84 Å². The van der Waals surface area contributed by atoms with Gasteiger partial charge in [0.2, 0.25) is 0 Å². The molecule has 0 aromatic rings. The maximum absolute atomic E-state index is 11.8. The Labute approximate surface area is 114 Å². The third kappa shape index (κ3) is 5.46. The number of hydrogen-bond donors (Lipinski definition) is 2. The van der Waals surface area contributed by atoms with E-state index in [-0.39, 0.29) is 6.03 Å². The standard InChI is InChI=1S/C13H24N2O4/c1-10(2)9-19-8-4-6-14-13(18)15-7-3-5-11(15)12(16)17/h10-11H,3-9H2,1-2H3,(H,14,18)(H,16,17). The number of nitrogens with zero attached hydrogens (tertiary/aromatic N) is 1. The summed E-state index contributed by atoms with van der Waals surface area (Å²) in [6, 6.07) is -0.953. The second-order valence-corrected chi connectivity index (χ2v) is 5.24. The van der Waals surface area contributed by atoms with E-state index < -0.39 is 12.0 Å². The summed E-state index contributed by atoms with van der Waals surface area (Å²) in [7, 11) is 0. The average Bonchev–Trinajstić information content (AvgIpc) is 2.82. The van der Waals surface area contributed by atoms with Crippen LogP contribution in [0.3, 0.4) is 0 Å². The minimum absolute atomic E-state index is 0.284. The molecule has 1 fully saturated rings. The van der Waals surface area contributed by atoms with Crippen molar-refractivity contribution in [1.29, 1.82) is 0 Å². The molecule has 1 aliphatic heterocycles. The van der Waals surface area contributed by atoms with Crippen LogP contribution in [0.1, 0.15) is 33.1 Å². The molecule has 2 N–H and O–H groups in total. The van der Waals surface area contributed by atoms with Crippen molar-refractivity contribution >= 4 is 12.0 Å². The van der Waals surface area contributed by atoms with Crippen molar-refractivity contribution in [1.82, 2.24) is 10.2 Å². The van der Waals surface area contributed by atoms with Gasteiger partial charge < -0.3 is 20.1 Å². The van der Waals surface area contributed by atoms with Gasteiger partial charge in [0.25, 0.3) is 0 Å². The number of carbonyl (C=O) groups excluding carboxylic acids is 1. The molecule has 6 nitrogen and oxygen atoms in total. The average molecular weight is 272 g/mol. The Morgan fingerprint density at radius 2 is 2.21 bits per heavy atom. The smallest absolute Gasteiger partial charge is 0.326 e. The Morgan fingerprint density at radius 3 is 2.84 bits per heavy atom. The summed E-state index contributed by atoms with van der Waals surface area (Å²) >= 11 is 0. The van der Waals surface area contributed by atoms with Crippen LogP contribution in [-0.2, 0) is 9.53 Å². The van der Waals surface area contributed by atoms with E-state index in [1.54, 1.807) is 0 Å². The number of carboxylic acids is 1. The van der Waals surface area contributed by atoms with Crippen molar-refractivity contribution in [2.24, 2.45) is 5.92 Å². The SMILES string of the molecule is CC(C)COCCCNC(=O)N1CCCC1C(=O)O. The second kappa shape index (κ2) is 7.99. The molecule has 1 saturated heterocycles. The second-order valence-electron chi connectivity index (χ2n) is 5.24. The summed E-state index contributed by atoms with van der Waals surface area (Å²) in [6.45, 7) is 6.54. The molecule has 6 heteroatoms. The zero-order chi connectivity index (χ0) is 14.3. The Hall–Kier alpha value is -1.30. The van der Waals surface area contributed by atoms with E-state index in [0.29, 0.717) is 32.0 Å². The Balaban J connectivity index is 2.15. The number of ether oxygens (including phenoxy) is 1. The molecule has 1 rings (SSSR count). The van der Waals surface area contributed by atoms with Crippen LogP contribution in [0.15, 0.2) is 0 Å². The van der Waals surface area contributed by atoms with Crippen molar-refractivity contribution in [2.75, 3.05) is 26.3 Å². The van der Waals surface area contributed by atoms with Crippen molar-refractivity contribution in [3.8, 4) is 0 Å². The maximum atomic E-state index is 11.8. The topological polar surface area (TPSA) is 78.9 Å². The lowest BCUT2D eigenvalue weighted by atomic mass is 10.2. The summed E-state index contributed by atoms with van der Waals surface area (Å²) in [5, 5.41) is 11.7. The molecule has 1 heterocycles. The van der Waals surface area contributed by atoms with E-state index in [0.717, 1.165) is 19.4 Å². The summed E-state index contributed by atoms with van der Waals surface area (Å²) in [4.78, 5) is 24.2. The minimum atomic E-state index is -0.923. The lowest BCUT2D eigenvalue weighted by Gasteiger charge is -2.21. The van der Waals surface area contributed by atoms with Gasteiger partial charge in [-0.15, -0.1) is 0 Å². The molecule has 0 bridgehead atoms. The lowest BCUT2D eigenvalue weighted by molar-refractivity contribution is -0.141. The van der Waals surface area contributed by atoms with Crippen LogP contribution in [0.5, 0.6) is 0 Å². The Morgan fingerprint density at radius 1 is 1.47 bits per heavy atom. The lowest BCUT2D eigenvalue weighted by Crippen LogP contribution is -2.46. The van der Waals surface area contributed by atoms with Gasteiger partial charge >= 0.3 is 12.0 Å². The number of carboxylic acid groups (broad SMARTS) is 1. The third-order valence-electron chi connectivity index (χ3n) is 2.99. The van der Waals surface area contributed by atoms with Gasteiger partial charge in [-0.2, -0.15) is 0 Å². The van der Waals surface area contributed by atoms with Gasteiger partial charge in [0.1, 0.15) is 6.04 Å². The number of amides is 2. The fourth-order valence-corrected chi connectivity index (χ4v) is 2.06. The first-order chi connectivity index (χ1) is 9.02. The monoisotopic (exact) mass is 272 g/mol. The van der Waals surface area contributed by atoms with Gasteiger partial charge in [0, 0.05) is 26.3 Å². The van der Waals surface area contributed by atoms with E-state index >= 15 is 0 Å². The zero-order valence-corrected chi connectivity index (χ0v) is 11.7. The van der Waals surface area contributed by atoms with Crippen LogP contribution < -0.4 is 5.32 Å². The van der Waals surface area contributed by atoms with Crippen LogP contribution in [0.4, 0.5) is 4.79 Å². The number of aliphatic carboxylic acids is 1. The number of carbonyl (C=O) groups is 2. The summed E-state index contributed by atoms with van der Waals surface area (Å²) in [6.07, 6.45) is 2.03. The molecule has 1 unspecified atom stereocenters. The van der Waals surface area contributed by atoms with Crippen LogP contribution in [0.25, 0.3) is 0 Å². The molecular weight excluding hydrogens is 248 g/mol. The highest BCUT2D eigenvalue weighted by atomic mass is 16.5. The minimum Gasteiger partial charge on any atom is -0.480 e. The third-order valence-corrected chi connectivity index (χ3v) is 2.99. The van der Waals surface area contributed by atoms with Crippen molar-refractivity contribution < 1.29 is 19.4 Å². The van der Waals surface area contributed by atoms with Crippen molar-refractivity contribution in [3.05, 3.63) is 0 Å². The Kier molecular flexibility index (Phi) is 6.62. The molecule has 19 heavy (non-hydrogen) atoms. The molecule has 0 saturated carbocycles. The number of likely N-dealkylation sites (tertiary alicyclic amines) is 1. The maximum Gasteiger partial charge on any atom is 0.326 e. The first-order valence-electron chi connectivity index (χ1n) is 6.87. The van der Waals surface area contributed by atoms with E-state index in [2.05, 4.69) is 19.2 Å². The number of hydrogen-bond acceptors (Lipinski definition) is 3. The molecule has 0 aromatic carbocycles. The quantitative estimate of drug-likeness (QED) is 0.685. The van der Waals surface area contributed by atoms with Crippen molar-refractivity contribution in [2.45, 2.75) is 39.2 Å². The van der Waals surface area contributed by atoms with Crippen LogP contribution >= 0.6 is 0 Å². The number of rotatable bonds is 7. The summed E-state index contributed by atoms with van der Waals surface area (Å²) in [5.74, 6) is -0.413. The molecule has 0 radical (unpaired) electrons. The highest BCUT2D eigenvalue weighted by Crippen LogP contribution is 2.17. The summed E-state index contributed by atoms with van der Waals surface area (Å²) in [5.41, 5.74) is 0. The van der Waals surface area contributed by atoms with Crippen LogP contribution in [-0.4, -0.2) is 54.4 Å². The molecule has 0 aromatic heterocycles. The van der Waals surface area contributed by atoms with Gasteiger partial charge in [0.15, 0.2) is 0 Å². The largest absolute Gasteiger partial charge is 0.480 e. The van der Waals surface area contributed by atoms with E-state index in [9.17, 15) is 9.59 Å². The van der Waals surface area contributed by atoms with Crippen LogP contribution in [0, 0.1) is 5.92 Å². The summed E-state index contributed by atoms with van der Waals surface area (Å²) < 4.78 is 5.40. The van der Waals surface area contributed by atoms with Gasteiger partial charge in [0.05, 0.1) is 0 Å². The molecule has 2 amide bonds. The first kappa shape index (κ1) is 15.8. The number of urea groups is 1. The van der Waals surface area contributed by atoms with Gasteiger partial charge in [-0.25, -0.2) is 9.59 Å². The molecule has 1 aliphatic rings. The van der Waals surface area contributed by atoms with E-state index in [1.165, 1.54) is 4.90 Å². The predicted molar refractivity (Wildman–Crippen MR) is 71.0 cm³/mol. The van der Waals surface area contributed by atoms with Crippen LogP contribution in [0.2, 0.25) is 0 Å². The predicted octanol–water partition coefficient (Wildman–Crippen LogP) is 1.31. The van der Waals surface area contributed by atoms with Gasteiger partial charge in [-0.3, -0.25) is 0 Å². The normalized spacial score (nSPS) is 18.9. The fraction of sp³-hybridized carbons (Fsp3) is 0.846. The van der Waals surface area contributed by atoms with Gasteiger partial charge in [-0.05, 0) is 25.2 Å². The molecule has 1 atom stereocenters. The molecular formula is C13H24N2O4. The zero-order valence-electron chi connectivity index (χ0n) is 11.7. The molecule has 110 valence electrons. The fourth-order valence-electron chi connectivity index (χ4n) is 2.06. The highest BCUT2D eigenvalue weighted by molar-refractivity contribution is 5.83. The first-order valence-corrected chi connectivity index (χ1v) is 6.87. The molecule has 0 aliphatic carbocycles. The molecule has 0 spiro atoms. The van der Waals surface area contributed by atoms with Crippen molar-refractivity contribution in [3.63, 3.8) is 0 Å².